The van der Waals surface area contributed by atoms with Gasteiger partial charge in [0.15, 0.2) is 0 Å². The lowest BCUT2D eigenvalue weighted by Crippen LogP contribution is -2.50. The van der Waals surface area contributed by atoms with Crippen LogP contribution in [0.15, 0.2) is 30.3 Å². The third-order valence-corrected chi connectivity index (χ3v) is 5.71. The Hall–Kier alpha value is -2.89. The molecule has 29 heavy (non-hydrogen) atoms. The van der Waals surface area contributed by atoms with Crippen molar-refractivity contribution in [3.8, 4) is 0 Å². The van der Waals surface area contributed by atoms with Crippen LogP contribution in [0.4, 0.5) is 0 Å². The number of fused-ring (bicyclic) bond motifs is 1. The zero-order valence-corrected chi connectivity index (χ0v) is 17.8. The van der Waals surface area contributed by atoms with Gasteiger partial charge >= 0.3 is 0 Å². The molecule has 1 aromatic heterocycles. The van der Waals surface area contributed by atoms with Crippen molar-refractivity contribution >= 4 is 17.7 Å². The maximum Gasteiger partial charge on any atom is 0.262 e. The number of carbonyl (C=O) groups excluding carboxylic acids is 3. The molecule has 1 aromatic carbocycles. The molecule has 0 saturated heterocycles. The molecule has 0 aliphatic carbocycles. The molecule has 0 bridgehead atoms. The molecule has 1 aliphatic heterocycles. The molecule has 0 fully saturated rings. The maximum absolute atomic E-state index is 13.0. The zero-order chi connectivity index (χ0) is 21.3. The van der Waals surface area contributed by atoms with Gasteiger partial charge in [0.25, 0.3) is 11.8 Å². The fourth-order valence-electron chi connectivity index (χ4n) is 3.89. The van der Waals surface area contributed by atoms with Crippen molar-refractivity contribution in [1.29, 1.82) is 0 Å². The molecule has 1 aliphatic rings. The number of carbonyl (C=O) groups is 3. The van der Waals surface area contributed by atoms with Gasteiger partial charge in [-0.25, -0.2) is 0 Å². The number of nitrogens with one attached hydrogen (secondary N) is 1. The maximum atomic E-state index is 13.0. The topological polar surface area (TPSA) is 71.4 Å². The molecule has 2 aromatic rings. The lowest BCUT2D eigenvalue weighted by molar-refractivity contribution is -0.125. The second-order valence-corrected chi connectivity index (χ2v) is 8.17. The number of benzene rings is 1. The summed E-state index contributed by atoms with van der Waals surface area (Å²) in [7, 11) is 2.02. The van der Waals surface area contributed by atoms with E-state index in [0.717, 1.165) is 4.90 Å². The molecule has 0 spiro atoms. The molecule has 6 nitrogen and oxygen atoms in total. The van der Waals surface area contributed by atoms with Gasteiger partial charge in [-0.2, -0.15) is 0 Å². The molecule has 1 N–H and O–H groups in total. The normalized spacial score (nSPS) is 14.5. The van der Waals surface area contributed by atoms with Crippen molar-refractivity contribution < 1.29 is 14.4 Å². The summed E-state index contributed by atoms with van der Waals surface area (Å²) in [5, 5.41) is 2.94. The molecule has 154 valence electrons. The molecule has 0 saturated carbocycles. The van der Waals surface area contributed by atoms with Gasteiger partial charge in [-0.05, 0) is 56.4 Å². The Morgan fingerprint density at radius 2 is 1.66 bits per heavy atom. The first kappa shape index (κ1) is 20.8. The van der Waals surface area contributed by atoms with Crippen LogP contribution in [0, 0.1) is 19.8 Å². The first-order valence-electron chi connectivity index (χ1n) is 10.1. The van der Waals surface area contributed by atoms with E-state index < -0.39 is 6.04 Å². The molecule has 1 atom stereocenters. The molecule has 3 amide bonds. The predicted octanol–water partition coefficient (Wildman–Crippen LogP) is 3.01. The van der Waals surface area contributed by atoms with Crippen LogP contribution in [0.2, 0.25) is 0 Å². The fraction of sp³-hybridized carbons (Fsp3) is 0.435. The minimum atomic E-state index is -0.805. The van der Waals surface area contributed by atoms with E-state index in [1.54, 1.807) is 24.3 Å². The van der Waals surface area contributed by atoms with E-state index in [1.807, 2.05) is 20.9 Å². The van der Waals surface area contributed by atoms with Gasteiger partial charge in [0.05, 0.1) is 11.1 Å². The molecular formula is C23H29N3O3. The number of rotatable bonds is 7. The minimum absolute atomic E-state index is 0.161. The number of imide groups is 1. The largest absolute Gasteiger partial charge is 0.354 e. The Balaban J connectivity index is 1.73. The van der Waals surface area contributed by atoms with Crippen molar-refractivity contribution in [2.24, 2.45) is 13.0 Å². The van der Waals surface area contributed by atoms with Gasteiger partial charge < -0.3 is 9.88 Å². The van der Waals surface area contributed by atoms with Crippen molar-refractivity contribution in [2.75, 3.05) is 6.54 Å². The van der Waals surface area contributed by atoms with Crippen LogP contribution < -0.4 is 5.32 Å². The average molecular weight is 396 g/mol. The second kappa shape index (κ2) is 8.23. The summed E-state index contributed by atoms with van der Waals surface area (Å²) in [4.78, 5) is 39.8. The zero-order valence-electron chi connectivity index (χ0n) is 17.8. The molecule has 0 radical (unpaired) electrons. The fourth-order valence-corrected chi connectivity index (χ4v) is 3.89. The highest BCUT2D eigenvalue weighted by Gasteiger charge is 2.42. The number of hydrogen-bond acceptors (Lipinski definition) is 3. The van der Waals surface area contributed by atoms with E-state index in [1.165, 1.54) is 17.0 Å². The van der Waals surface area contributed by atoms with E-state index >= 15 is 0 Å². The highest BCUT2D eigenvalue weighted by atomic mass is 16.2. The van der Waals surface area contributed by atoms with Gasteiger partial charge in [-0.3, -0.25) is 19.3 Å². The third-order valence-electron chi connectivity index (χ3n) is 5.71. The molecule has 2 heterocycles. The monoisotopic (exact) mass is 395 g/mol. The Morgan fingerprint density at radius 1 is 1.07 bits per heavy atom. The van der Waals surface area contributed by atoms with Crippen molar-refractivity contribution in [3.63, 3.8) is 0 Å². The van der Waals surface area contributed by atoms with Crippen molar-refractivity contribution in [2.45, 2.75) is 46.6 Å². The Kier molecular flexibility index (Phi) is 5.91. The standard InChI is InChI=1S/C23H29N3O3/c1-14(2)12-20(26-22(28)18-8-6-7-9-19(18)23(26)29)21(27)24-11-10-17-13-15(3)25(5)16(17)4/h6-9,13-14,20H,10-12H2,1-5H3,(H,24,27). The summed E-state index contributed by atoms with van der Waals surface area (Å²) >= 11 is 0. The Labute approximate surface area is 171 Å². The minimum Gasteiger partial charge on any atom is -0.354 e. The van der Waals surface area contributed by atoms with E-state index in [-0.39, 0.29) is 23.6 Å². The van der Waals surface area contributed by atoms with Crippen LogP contribution in [-0.2, 0) is 18.3 Å². The smallest absolute Gasteiger partial charge is 0.262 e. The predicted molar refractivity (Wildman–Crippen MR) is 112 cm³/mol. The summed E-state index contributed by atoms with van der Waals surface area (Å²) in [5.41, 5.74) is 4.28. The number of amides is 3. The van der Waals surface area contributed by atoms with Crippen LogP contribution >= 0.6 is 0 Å². The van der Waals surface area contributed by atoms with E-state index in [2.05, 4.69) is 29.8 Å². The first-order valence-corrected chi connectivity index (χ1v) is 10.1. The van der Waals surface area contributed by atoms with Gasteiger partial charge in [-0.15, -0.1) is 0 Å². The van der Waals surface area contributed by atoms with Gasteiger partial charge in [0.1, 0.15) is 6.04 Å². The van der Waals surface area contributed by atoms with Crippen LogP contribution in [0.5, 0.6) is 0 Å². The SMILES string of the molecule is Cc1cc(CCNC(=O)C(CC(C)C)N2C(=O)c3ccccc3C2=O)c(C)n1C. The van der Waals surface area contributed by atoms with Gasteiger partial charge in [0, 0.05) is 25.0 Å². The summed E-state index contributed by atoms with van der Waals surface area (Å²) in [6.45, 7) is 8.53. The van der Waals surface area contributed by atoms with Gasteiger partial charge in [0.2, 0.25) is 5.91 Å². The molecular weight excluding hydrogens is 366 g/mol. The first-order chi connectivity index (χ1) is 13.7. The third kappa shape index (κ3) is 3.97. The van der Waals surface area contributed by atoms with Gasteiger partial charge in [-0.1, -0.05) is 26.0 Å². The quantitative estimate of drug-likeness (QED) is 0.733. The highest BCUT2D eigenvalue weighted by Crippen LogP contribution is 2.27. The second-order valence-electron chi connectivity index (χ2n) is 8.17. The molecule has 1 unspecified atom stereocenters. The van der Waals surface area contributed by atoms with Crippen LogP contribution in [-0.4, -0.2) is 39.8 Å². The lowest BCUT2D eigenvalue weighted by atomic mass is 10.0. The molecule has 3 rings (SSSR count). The number of hydrogen-bond donors (Lipinski definition) is 1. The van der Waals surface area contributed by atoms with Crippen molar-refractivity contribution in [1.82, 2.24) is 14.8 Å². The van der Waals surface area contributed by atoms with Crippen LogP contribution in [0.1, 0.15) is 57.9 Å². The van der Waals surface area contributed by atoms with Crippen LogP contribution in [0.3, 0.4) is 0 Å². The summed E-state index contributed by atoms with van der Waals surface area (Å²) in [6, 6.07) is 8.06. The summed E-state index contributed by atoms with van der Waals surface area (Å²) in [6.07, 6.45) is 1.14. The van der Waals surface area contributed by atoms with Crippen LogP contribution in [0.25, 0.3) is 0 Å². The average Bonchev–Trinajstić information content (AvgIpc) is 3.08. The Morgan fingerprint density at radius 3 is 2.14 bits per heavy atom. The van der Waals surface area contributed by atoms with E-state index in [4.69, 9.17) is 0 Å². The van der Waals surface area contributed by atoms with E-state index in [0.29, 0.717) is 30.5 Å². The number of aryl methyl sites for hydroxylation is 1. The summed E-state index contributed by atoms with van der Waals surface area (Å²) in [5.74, 6) is -0.894. The summed E-state index contributed by atoms with van der Waals surface area (Å²) < 4.78 is 2.12. The van der Waals surface area contributed by atoms with Crippen molar-refractivity contribution in [3.05, 3.63) is 58.4 Å². The number of nitrogens with zero attached hydrogens (tertiary/aromatic N) is 2. The molecule has 6 heteroatoms. The number of aromatic nitrogens is 1. The highest BCUT2D eigenvalue weighted by molar-refractivity contribution is 6.22. The lowest BCUT2D eigenvalue weighted by Gasteiger charge is -2.26. The van der Waals surface area contributed by atoms with E-state index in [9.17, 15) is 14.4 Å². The Bertz CT molecular complexity index is 923.